The molecular weight excluding hydrogens is 454 g/mol. The van der Waals surface area contributed by atoms with Crippen molar-refractivity contribution in [2.24, 2.45) is 14.1 Å². The molecule has 3 aromatic rings. The molecule has 1 aliphatic heterocycles. The van der Waals surface area contributed by atoms with E-state index >= 15 is 0 Å². The van der Waals surface area contributed by atoms with Crippen LogP contribution in [0, 0.1) is 6.92 Å². The molecule has 0 unspecified atom stereocenters. The zero-order chi connectivity index (χ0) is 25.7. The second kappa shape index (κ2) is 8.97. The summed E-state index contributed by atoms with van der Waals surface area (Å²) in [6, 6.07) is 4.76. The molecule has 3 heterocycles. The number of nitrogens with one attached hydrogen (secondary N) is 1. The highest BCUT2D eigenvalue weighted by molar-refractivity contribution is 5.78. The van der Waals surface area contributed by atoms with E-state index < -0.39 is 29.0 Å². The van der Waals surface area contributed by atoms with Crippen molar-refractivity contribution in [1.29, 1.82) is 0 Å². The van der Waals surface area contributed by atoms with E-state index in [-0.39, 0.29) is 37.5 Å². The zero-order valence-electron chi connectivity index (χ0n) is 20.3. The number of imidazole rings is 1. The molecule has 3 atom stereocenters. The Balaban J connectivity index is 1.57. The summed E-state index contributed by atoms with van der Waals surface area (Å²) < 4.78 is 4.36. The van der Waals surface area contributed by atoms with Gasteiger partial charge in [-0.25, -0.2) is 9.59 Å². The lowest BCUT2D eigenvalue weighted by molar-refractivity contribution is -0.132. The fourth-order valence-electron chi connectivity index (χ4n) is 4.94. The lowest BCUT2D eigenvalue weighted by Gasteiger charge is -2.34. The quantitative estimate of drug-likeness (QED) is 0.457. The van der Waals surface area contributed by atoms with Crippen LogP contribution in [0.4, 0.5) is 0 Å². The Morgan fingerprint density at radius 1 is 1.14 bits per heavy atom. The smallest absolute Gasteiger partial charge is 0.328 e. The molecule has 1 fully saturated rings. The van der Waals surface area contributed by atoms with Crippen LogP contribution >= 0.6 is 0 Å². The van der Waals surface area contributed by atoms with Gasteiger partial charge in [0, 0.05) is 51.8 Å². The number of hydrogen-bond donors (Lipinski definition) is 3. The van der Waals surface area contributed by atoms with Crippen LogP contribution < -0.4 is 16.9 Å². The van der Waals surface area contributed by atoms with Crippen molar-refractivity contribution in [1.82, 2.24) is 23.6 Å². The highest BCUT2D eigenvalue weighted by Gasteiger charge is 2.41. The van der Waals surface area contributed by atoms with Crippen molar-refractivity contribution in [3.8, 4) is 0 Å². The van der Waals surface area contributed by atoms with Gasteiger partial charge in [-0.2, -0.15) is 0 Å². The fraction of sp³-hybridized carbons (Fsp3) is 0.500. The lowest BCUT2D eigenvalue weighted by Crippen LogP contribution is -2.47. The van der Waals surface area contributed by atoms with Crippen molar-refractivity contribution in [3.63, 3.8) is 0 Å². The Morgan fingerprint density at radius 2 is 1.83 bits per heavy atom. The van der Waals surface area contributed by atoms with E-state index in [4.69, 9.17) is 0 Å². The van der Waals surface area contributed by atoms with Gasteiger partial charge in [0.15, 0.2) is 0 Å². The van der Waals surface area contributed by atoms with Crippen molar-refractivity contribution >= 4 is 16.9 Å². The highest BCUT2D eigenvalue weighted by atomic mass is 16.3. The summed E-state index contributed by atoms with van der Waals surface area (Å²) in [6.07, 6.45) is 0.926. The molecule has 188 valence electrons. The third-order valence-electron chi connectivity index (χ3n) is 6.99. The zero-order valence-corrected chi connectivity index (χ0v) is 20.3. The first-order chi connectivity index (χ1) is 16.4. The molecule has 1 saturated heterocycles. The molecule has 0 saturated carbocycles. The third kappa shape index (κ3) is 4.61. The number of fused-ring (bicyclic) bond motifs is 1. The molecule has 2 aromatic heterocycles. The van der Waals surface area contributed by atoms with Crippen LogP contribution in [0.5, 0.6) is 0 Å². The Morgan fingerprint density at radius 3 is 2.54 bits per heavy atom. The third-order valence-corrected chi connectivity index (χ3v) is 6.99. The largest absolute Gasteiger partial charge is 0.391 e. The summed E-state index contributed by atoms with van der Waals surface area (Å²) in [7, 11) is 3.41. The maximum Gasteiger partial charge on any atom is 0.328 e. The van der Waals surface area contributed by atoms with Crippen LogP contribution in [0.1, 0.15) is 36.9 Å². The van der Waals surface area contributed by atoms with Gasteiger partial charge in [-0.3, -0.25) is 28.3 Å². The number of aromatic amines is 1. The second-order valence-electron chi connectivity index (χ2n) is 9.73. The average molecular weight is 486 g/mol. The number of aromatic nitrogens is 4. The van der Waals surface area contributed by atoms with Crippen LogP contribution in [-0.2, 0) is 25.3 Å². The van der Waals surface area contributed by atoms with E-state index in [1.807, 2.05) is 18.2 Å². The van der Waals surface area contributed by atoms with Crippen molar-refractivity contribution in [2.45, 2.75) is 50.9 Å². The number of aliphatic hydroxyl groups is 2. The molecule has 11 nitrogen and oxygen atoms in total. The number of likely N-dealkylation sites (tertiary alicyclic amines) is 1. The van der Waals surface area contributed by atoms with E-state index in [9.17, 15) is 29.4 Å². The number of carbonyl (C=O) groups excluding carboxylic acids is 1. The number of H-pyrrole nitrogens is 1. The van der Waals surface area contributed by atoms with Gasteiger partial charge >= 0.3 is 11.4 Å². The van der Waals surface area contributed by atoms with Crippen LogP contribution in [0.15, 0.2) is 38.8 Å². The number of rotatable bonds is 4. The van der Waals surface area contributed by atoms with Gasteiger partial charge in [0.05, 0.1) is 28.8 Å². The van der Waals surface area contributed by atoms with Gasteiger partial charge in [0.1, 0.15) is 0 Å². The second-order valence-corrected chi connectivity index (χ2v) is 9.73. The molecule has 0 bridgehead atoms. The molecule has 0 spiro atoms. The number of benzene rings is 1. The predicted molar refractivity (Wildman–Crippen MR) is 129 cm³/mol. The standard InChI is InChI=1S/C24H31N5O6/c1-14-11-29(22(33)25-21(14)32)19-13-28(12-16(30)10-24(19,2)35)20(31)8-6-15-5-7-17-18(9-15)27(4)23(34)26(17)3/h5,7,9,11,16,19,30,35H,6,8,10,12-13H2,1-4H3,(H,25,32,33)/t16-,19+,24+/m1/s1. The molecule has 11 heteroatoms. The Kier molecular flexibility index (Phi) is 6.32. The number of amides is 1. The predicted octanol–water partition coefficient (Wildman–Crippen LogP) is -0.446. The summed E-state index contributed by atoms with van der Waals surface area (Å²) in [5.74, 6) is -0.233. The fourth-order valence-corrected chi connectivity index (χ4v) is 4.94. The van der Waals surface area contributed by atoms with Gasteiger partial charge in [-0.15, -0.1) is 0 Å². The van der Waals surface area contributed by atoms with Crippen molar-refractivity contribution < 1.29 is 15.0 Å². The Bertz CT molecular complexity index is 1460. The van der Waals surface area contributed by atoms with Crippen LogP contribution in [0.2, 0.25) is 0 Å². The summed E-state index contributed by atoms with van der Waals surface area (Å²) in [5, 5.41) is 21.6. The topological polar surface area (TPSA) is 143 Å². The summed E-state index contributed by atoms with van der Waals surface area (Å²) in [5.41, 5.74) is -0.0559. The molecule has 1 aliphatic rings. The molecule has 3 N–H and O–H groups in total. The van der Waals surface area contributed by atoms with Crippen LogP contribution in [0.3, 0.4) is 0 Å². The van der Waals surface area contributed by atoms with Gasteiger partial charge in [-0.1, -0.05) is 6.07 Å². The number of aryl methyl sites for hydroxylation is 4. The van der Waals surface area contributed by atoms with E-state index in [2.05, 4.69) is 4.98 Å². The first kappa shape index (κ1) is 24.7. The lowest BCUT2D eigenvalue weighted by atomic mass is 9.91. The number of nitrogens with zero attached hydrogens (tertiary/aromatic N) is 4. The minimum Gasteiger partial charge on any atom is -0.391 e. The van der Waals surface area contributed by atoms with Gasteiger partial charge in [0.25, 0.3) is 5.56 Å². The first-order valence-corrected chi connectivity index (χ1v) is 11.5. The van der Waals surface area contributed by atoms with E-state index in [0.29, 0.717) is 12.0 Å². The first-order valence-electron chi connectivity index (χ1n) is 11.5. The minimum atomic E-state index is -1.49. The summed E-state index contributed by atoms with van der Waals surface area (Å²) in [6.45, 7) is 3.09. The molecular formula is C24H31N5O6. The Hall–Kier alpha value is -3.44. The SMILES string of the molecule is Cc1cn([C@H]2CN(C(=O)CCc3ccc4c(c3)n(C)c(=O)n4C)C[C@H](O)C[C@]2(C)O)c(=O)[nH]c1=O. The highest BCUT2D eigenvalue weighted by Crippen LogP contribution is 2.31. The molecule has 0 aliphatic carbocycles. The van der Waals surface area contributed by atoms with Crippen LogP contribution in [-0.4, -0.2) is 64.5 Å². The minimum absolute atomic E-state index is 0.000502. The molecule has 4 rings (SSSR count). The van der Waals surface area contributed by atoms with Crippen molar-refractivity contribution in [2.75, 3.05) is 13.1 Å². The van der Waals surface area contributed by atoms with E-state index in [0.717, 1.165) is 16.6 Å². The molecule has 1 aromatic carbocycles. The average Bonchev–Trinajstić information content (AvgIpc) is 2.92. The molecule has 1 amide bonds. The van der Waals surface area contributed by atoms with E-state index in [1.54, 1.807) is 30.2 Å². The number of aliphatic hydroxyl groups excluding tert-OH is 1. The molecule has 0 radical (unpaired) electrons. The monoisotopic (exact) mass is 485 g/mol. The number of carbonyl (C=O) groups is 1. The maximum atomic E-state index is 13.2. The van der Waals surface area contributed by atoms with Crippen LogP contribution in [0.25, 0.3) is 11.0 Å². The summed E-state index contributed by atoms with van der Waals surface area (Å²) >= 11 is 0. The number of hydrogen-bond acceptors (Lipinski definition) is 6. The normalized spacial score (nSPS) is 23.0. The Labute approximate surface area is 200 Å². The van der Waals surface area contributed by atoms with Crippen molar-refractivity contribution in [3.05, 3.63) is 66.8 Å². The molecule has 35 heavy (non-hydrogen) atoms. The van der Waals surface area contributed by atoms with E-state index in [1.165, 1.54) is 22.6 Å². The van der Waals surface area contributed by atoms with Gasteiger partial charge in [-0.05, 0) is 38.0 Å². The van der Waals surface area contributed by atoms with Gasteiger partial charge < -0.3 is 15.1 Å². The van der Waals surface area contributed by atoms with Gasteiger partial charge in [0.2, 0.25) is 5.91 Å². The number of β-amino-alcohol motifs (C(OH)–C–C–N with tert-alkyl or cyclic N) is 1. The maximum absolute atomic E-state index is 13.2. The summed E-state index contributed by atoms with van der Waals surface area (Å²) in [4.78, 5) is 53.4.